The number of anilines is 2. The maximum absolute atomic E-state index is 14.6. The maximum Gasteiger partial charge on any atom is 0.148 e. The largest absolute Gasteiger partial charge is 0.352 e. The van der Waals surface area contributed by atoms with Crippen molar-refractivity contribution < 1.29 is 4.39 Å². The third kappa shape index (κ3) is 2.98. The van der Waals surface area contributed by atoms with E-state index in [0.717, 1.165) is 39.2 Å². The van der Waals surface area contributed by atoms with Gasteiger partial charge in [0.25, 0.3) is 0 Å². The number of rotatable bonds is 4. The Hall–Kier alpha value is -2.09. The average Bonchev–Trinajstić information content (AvgIpc) is 3.39. The van der Waals surface area contributed by atoms with Crippen LogP contribution in [0.1, 0.15) is 31.1 Å². The molecule has 144 valence electrons. The van der Waals surface area contributed by atoms with E-state index in [0.29, 0.717) is 17.6 Å². The lowest BCUT2D eigenvalue weighted by Gasteiger charge is -2.22. The van der Waals surface area contributed by atoms with Gasteiger partial charge in [0.05, 0.1) is 27.1 Å². The summed E-state index contributed by atoms with van der Waals surface area (Å²) in [5, 5.41) is 4.34. The van der Waals surface area contributed by atoms with Gasteiger partial charge in [0.1, 0.15) is 10.6 Å². The molecule has 4 heterocycles. The highest BCUT2D eigenvalue weighted by Crippen LogP contribution is 2.41. The van der Waals surface area contributed by atoms with Crippen LogP contribution in [-0.4, -0.2) is 34.0 Å². The zero-order valence-corrected chi connectivity index (χ0v) is 17.4. The Labute approximate surface area is 171 Å². The number of fused-ring (bicyclic) bond motifs is 2. The lowest BCUT2D eigenvalue weighted by Crippen LogP contribution is -2.28. The van der Waals surface area contributed by atoms with Gasteiger partial charge in [0.2, 0.25) is 0 Å². The Morgan fingerprint density at radius 3 is 2.96 bits per heavy atom. The van der Waals surface area contributed by atoms with Crippen LogP contribution >= 0.6 is 22.7 Å². The number of benzene rings is 1. The first-order valence-corrected chi connectivity index (χ1v) is 11.3. The summed E-state index contributed by atoms with van der Waals surface area (Å²) >= 11 is 3.21. The number of thiophene rings is 1. The molecule has 28 heavy (non-hydrogen) atoms. The van der Waals surface area contributed by atoms with Gasteiger partial charge in [0.15, 0.2) is 0 Å². The Bertz CT molecular complexity index is 1150. The highest BCUT2D eigenvalue weighted by atomic mass is 32.1. The van der Waals surface area contributed by atoms with Crippen LogP contribution in [0.15, 0.2) is 36.0 Å². The minimum atomic E-state index is -0.264. The van der Waals surface area contributed by atoms with Gasteiger partial charge in [0, 0.05) is 28.4 Å². The quantitative estimate of drug-likeness (QED) is 0.447. The number of hydrogen-bond donors (Lipinski definition) is 1. The van der Waals surface area contributed by atoms with E-state index < -0.39 is 0 Å². The number of halogens is 1. The van der Waals surface area contributed by atoms with E-state index in [9.17, 15) is 4.39 Å². The standard InChI is InChI=1S/C21H21FN4S2/c1-3-26-7-5-13(12(26)2)19-8-14-16(4-6-23-21(14)28-19)25-17-10-18-20(9-15(17)22)27-11-24-18/h4,6,8-13H,3,5,7H2,1-2H3,(H,23,25)/t12-,13-/m0/s1. The number of likely N-dealkylation sites (tertiary alicyclic amines) is 1. The van der Waals surface area contributed by atoms with Crippen molar-refractivity contribution in [1.82, 2.24) is 14.9 Å². The minimum absolute atomic E-state index is 0.264. The Kier molecular flexibility index (Phi) is 4.53. The first-order chi connectivity index (χ1) is 13.6. The molecular formula is C21H21FN4S2. The summed E-state index contributed by atoms with van der Waals surface area (Å²) in [4.78, 5) is 13.8. The predicted octanol–water partition coefficient (Wildman–Crippen LogP) is 5.99. The molecule has 2 atom stereocenters. The summed E-state index contributed by atoms with van der Waals surface area (Å²) in [6.07, 6.45) is 2.97. The van der Waals surface area contributed by atoms with Crippen molar-refractivity contribution in [1.29, 1.82) is 0 Å². The van der Waals surface area contributed by atoms with E-state index >= 15 is 0 Å². The number of pyridine rings is 1. The molecule has 1 aliphatic heterocycles. The van der Waals surface area contributed by atoms with Gasteiger partial charge in [-0.15, -0.1) is 22.7 Å². The molecule has 3 aromatic heterocycles. The molecule has 0 spiro atoms. The topological polar surface area (TPSA) is 41.0 Å². The molecule has 1 fully saturated rings. The lowest BCUT2D eigenvalue weighted by molar-refractivity contribution is 0.274. The summed E-state index contributed by atoms with van der Waals surface area (Å²) in [6, 6.07) is 8.03. The second-order valence-corrected chi connectivity index (χ2v) is 9.22. The molecule has 0 aliphatic carbocycles. The van der Waals surface area contributed by atoms with Crippen LogP contribution in [-0.2, 0) is 0 Å². The third-order valence-corrected chi connectivity index (χ3v) is 7.77. The molecule has 0 radical (unpaired) electrons. The highest BCUT2D eigenvalue weighted by Gasteiger charge is 2.32. The van der Waals surface area contributed by atoms with E-state index in [2.05, 4.69) is 40.1 Å². The zero-order valence-electron chi connectivity index (χ0n) is 15.8. The van der Waals surface area contributed by atoms with Gasteiger partial charge >= 0.3 is 0 Å². The summed E-state index contributed by atoms with van der Waals surface area (Å²) in [5.41, 5.74) is 3.89. The molecule has 1 aliphatic rings. The van der Waals surface area contributed by atoms with Gasteiger partial charge < -0.3 is 10.2 Å². The van der Waals surface area contributed by atoms with Crippen molar-refractivity contribution in [2.45, 2.75) is 32.2 Å². The first kappa shape index (κ1) is 18.0. The number of thiazole rings is 1. The van der Waals surface area contributed by atoms with E-state index in [1.54, 1.807) is 35.2 Å². The Balaban J connectivity index is 1.51. The number of nitrogens with zero attached hydrogens (tertiary/aromatic N) is 3. The molecule has 1 N–H and O–H groups in total. The van der Waals surface area contributed by atoms with Crippen molar-refractivity contribution in [3.63, 3.8) is 0 Å². The summed E-state index contributed by atoms with van der Waals surface area (Å²) in [6.45, 7) is 6.78. The summed E-state index contributed by atoms with van der Waals surface area (Å²) in [7, 11) is 0. The molecule has 1 aromatic carbocycles. The number of aromatic nitrogens is 2. The van der Waals surface area contributed by atoms with Crippen LogP contribution in [0.25, 0.3) is 20.4 Å². The normalized spacial score (nSPS) is 20.4. The molecule has 1 saturated heterocycles. The van der Waals surface area contributed by atoms with Crippen LogP contribution in [0.4, 0.5) is 15.8 Å². The number of likely N-dealkylation sites (N-methyl/N-ethyl adjacent to an activating group) is 1. The van der Waals surface area contributed by atoms with Crippen LogP contribution in [0.2, 0.25) is 0 Å². The van der Waals surface area contributed by atoms with Gasteiger partial charge in [-0.2, -0.15) is 0 Å². The van der Waals surface area contributed by atoms with Gasteiger partial charge in [-0.3, -0.25) is 0 Å². The van der Waals surface area contributed by atoms with E-state index in [1.807, 2.05) is 6.07 Å². The molecular weight excluding hydrogens is 391 g/mol. The Morgan fingerprint density at radius 2 is 2.14 bits per heavy atom. The fourth-order valence-corrected chi connectivity index (χ4v) is 6.14. The van der Waals surface area contributed by atoms with Crippen LogP contribution in [0, 0.1) is 5.82 Å². The fourth-order valence-electron chi connectivity index (χ4n) is 4.20. The monoisotopic (exact) mass is 412 g/mol. The van der Waals surface area contributed by atoms with Crippen molar-refractivity contribution in [2.24, 2.45) is 0 Å². The second-order valence-electron chi connectivity index (χ2n) is 7.27. The lowest BCUT2D eigenvalue weighted by atomic mass is 9.99. The van der Waals surface area contributed by atoms with Gasteiger partial charge in [-0.1, -0.05) is 6.92 Å². The highest BCUT2D eigenvalue weighted by molar-refractivity contribution is 7.18. The summed E-state index contributed by atoms with van der Waals surface area (Å²) < 4.78 is 15.4. The maximum atomic E-state index is 14.6. The van der Waals surface area contributed by atoms with Crippen LogP contribution < -0.4 is 5.32 Å². The molecule has 4 nitrogen and oxygen atoms in total. The van der Waals surface area contributed by atoms with E-state index in [4.69, 9.17) is 0 Å². The van der Waals surface area contributed by atoms with Crippen LogP contribution in [0.5, 0.6) is 0 Å². The minimum Gasteiger partial charge on any atom is -0.352 e. The van der Waals surface area contributed by atoms with Crippen molar-refractivity contribution in [3.8, 4) is 0 Å². The molecule has 0 amide bonds. The molecule has 0 unspecified atom stereocenters. The smallest absolute Gasteiger partial charge is 0.148 e. The first-order valence-electron chi connectivity index (χ1n) is 9.56. The van der Waals surface area contributed by atoms with Crippen LogP contribution in [0.3, 0.4) is 0 Å². The zero-order chi connectivity index (χ0) is 19.3. The van der Waals surface area contributed by atoms with Gasteiger partial charge in [-0.05, 0) is 50.7 Å². The average molecular weight is 413 g/mol. The number of hydrogen-bond acceptors (Lipinski definition) is 6. The van der Waals surface area contributed by atoms with Crippen molar-refractivity contribution >= 4 is 54.5 Å². The predicted molar refractivity (Wildman–Crippen MR) is 117 cm³/mol. The second kappa shape index (κ2) is 7.06. The Morgan fingerprint density at radius 1 is 1.25 bits per heavy atom. The molecule has 5 rings (SSSR count). The van der Waals surface area contributed by atoms with Gasteiger partial charge in [-0.25, -0.2) is 14.4 Å². The third-order valence-electron chi connectivity index (χ3n) is 5.80. The molecule has 0 bridgehead atoms. The molecule has 0 saturated carbocycles. The summed E-state index contributed by atoms with van der Waals surface area (Å²) in [5.74, 6) is 0.273. The van der Waals surface area contributed by atoms with Crippen molar-refractivity contribution in [2.75, 3.05) is 18.4 Å². The molecule has 4 aromatic rings. The number of nitrogens with one attached hydrogen (secondary N) is 1. The van der Waals surface area contributed by atoms with E-state index in [-0.39, 0.29) is 5.82 Å². The SMILES string of the molecule is CCN1CC[C@H](c2cc3c(Nc4cc5ncsc5cc4F)ccnc3s2)[C@@H]1C. The van der Waals surface area contributed by atoms with Crippen molar-refractivity contribution in [3.05, 3.63) is 46.7 Å². The fraction of sp³-hybridized carbons (Fsp3) is 0.333. The van der Waals surface area contributed by atoms with E-state index in [1.165, 1.54) is 22.6 Å². The molecule has 7 heteroatoms.